The molecule has 1 aliphatic heterocycles. The van der Waals surface area contributed by atoms with Crippen LogP contribution in [0.4, 0.5) is 0 Å². The second-order valence-electron chi connectivity index (χ2n) is 11.1. The van der Waals surface area contributed by atoms with Crippen LogP contribution in [-0.2, 0) is 24.0 Å². The molecular formula is C26H48N6O7. The first-order chi connectivity index (χ1) is 18.2. The first kappa shape index (κ1) is 34.3. The predicted octanol–water partition coefficient (Wildman–Crippen LogP) is -0.944. The van der Waals surface area contributed by atoms with E-state index in [1.54, 1.807) is 0 Å². The van der Waals surface area contributed by atoms with Crippen molar-refractivity contribution in [3.05, 3.63) is 0 Å². The summed E-state index contributed by atoms with van der Waals surface area (Å²) in [6, 6.07) is -5.26. The van der Waals surface area contributed by atoms with E-state index >= 15 is 0 Å². The molecule has 0 radical (unpaired) electrons. The van der Waals surface area contributed by atoms with Crippen LogP contribution in [0.3, 0.4) is 0 Å². The largest absolute Gasteiger partial charge is 0.480 e. The zero-order valence-electron chi connectivity index (χ0n) is 23.8. The second kappa shape index (κ2) is 16.4. The molecule has 9 N–H and O–H groups in total. The maximum absolute atomic E-state index is 13.2. The minimum atomic E-state index is -1.41. The SMILES string of the molecule is CC(C)C[C@H](NC(=O)[C@@H](NC(=O)[C@@H]1CCCN1C(=O)[C@@H](N)C(C)C)[C@@H](C)O)C(=O)N[C@@H](CCCCN)C(=O)O. The molecule has 1 saturated heterocycles. The fourth-order valence-corrected chi connectivity index (χ4v) is 4.42. The van der Waals surface area contributed by atoms with Gasteiger partial charge in [-0.1, -0.05) is 27.7 Å². The van der Waals surface area contributed by atoms with E-state index in [9.17, 15) is 34.2 Å². The molecule has 0 aromatic heterocycles. The lowest BCUT2D eigenvalue weighted by Crippen LogP contribution is -2.60. The number of unbranched alkanes of at least 4 members (excludes halogenated alkanes) is 1. The van der Waals surface area contributed by atoms with Gasteiger partial charge < -0.3 is 42.5 Å². The van der Waals surface area contributed by atoms with E-state index in [1.165, 1.54) is 11.8 Å². The van der Waals surface area contributed by atoms with Crippen LogP contribution in [0.1, 0.15) is 73.1 Å². The summed E-state index contributed by atoms with van der Waals surface area (Å²) in [7, 11) is 0. The number of nitrogens with zero attached hydrogens (tertiary/aromatic N) is 1. The molecule has 13 heteroatoms. The standard InChI is InChI=1S/C26H48N6O7/c1-14(2)13-18(22(34)29-17(26(38)39)9-6-7-11-27)30-24(36)21(16(5)33)31-23(35)19-10-8-12-32(19)25(37)20(28)15(3)4/h14-21,33H,6-13,27-28H2,1-5H3,(H,29,34)(H,30,36)(H,31,35)(H,38,39)/t16-,17+,18+,19+,20+,21+/m1/s1. The van der Waals surface area contributed by atoms with E-state index < -0.39 is 60.0 Å². The van der Waals surface area contributed by atoms with Crippen molar-refractivity contribution in [1.82, 2.24) is 20.9 Å². The Morgan fingerprint density at radius 2 is 1.56 bits per heavy atom. The van der Waals surface area contributed by atoms with Crippen molar-refractivity contribution in [1.29, 1.82) is 0 Å². The van der Waals surface area contributed by atoms with Gasteiger partial charge in [0.25, 0.3) is 0 Å². The first-order valence-electron chi connectivity index (χ1n) is 13.8. The summed E-state index contributed by atoms with van der Waals surface area (Å²) in [6.07, 6.45) is 1.16. The highest BCUT2D eigenvalue weighted by atomic mass is 16.4. The van der Waals surface area contributed by atoms with Gasteiger partial charge in [0, 0.05) is 6.54 Å². The van der Waals surface area contributed by atoms with Crippen LogP contribution < -0.4 is 27.4 Å². The molecular weight excluding hydrogens is 508 g/mol. The van der Waals surface area contributed by atoms with Crippen LogP contribution in [0.2, 0.25) is 0 Å². The number of amides is 4. The minimum absolute atomic E-state index is 0.0376. The number of aliphatic carboxylic acids is 1. The number of carbonyl (C=O) groups is 5. The third-order valence-corrected chi connectivity index (χ3v) is 6.81. The fraction of sp³-hybridized carbons (Fsp3) is 0.808. The van der Waals surface area contributed by atoms with Gasteiger partial charge in [0.15, 0.2) is 0 Å². The molecule has 0 unspecified atom stereocenters. The monoisotopic (exact) mass is 556 g/mol. The number of hydrogen-bond acceptors (Lipinski definition) is 8. The Kier molecular flexibility index (Phi) is 14.4. The number of nitrogens with one attached hydrogen (secondary N) is 3. The molecule has 1 aliphatic rings. The molecule has 0 saturated carbocycles. The van der Waals surface area contributed by atoms with Gasteiger partial charge in [0.05, 0.1) is 12.1 Å². The van der Waals surface area contributed by atoms with E-state index in [2.05, 4.69) is 16.0 Å². The van der Waals surface area contributed by atoms with Gasteiger partial charge in [-0.25, -0.2) is 4.79 Å². The molecule has 0 aliphatic carbocycles. The smallest absolute Gasteiger partial charge is 0.326 e. The zero-order chi connectivity index (χ0) is 29.9. The highest BCUT2D eigenvalue weighted by Gasteiger charge is 2.39. The van der Waals surface area contributed by atoms with E-state index in [4.69, 9.17) is 11.5 Å². The van der Waals surface area contributed by atoms with Crippen molar-refractivity contribution in [3.63, 3.8) is 0 Å². The summed E-state index contributed by atoms with van der Waals surface area (Å²) in [4.78, 5) is 65.2. The number of carboxylic acid groups (broad SMARTS) is 1. The van der Waals surface area contributed by atoms with E-state index in [0.717, 1.165) is 0 Å². The number of nitrogens with two attached hydrogens (primary N) is 2. The molecule has 1 fully saturated rings. The molecule has 4 amide bonds. The number of hydrogen-bond donors (Lipinski definition) is 7. The lowest BCUT2D eigenvalue weighted by Gasteiger charge is -2.30. The van der Waals surface area contributed by atoms with Gasteiger partial charge in [-0.05, 0) is 63.8 Å². The Bertz CT molecular complexity index is 851. The number of rotatable bonds is 16. The van der Waals surface area contributed by atoms with Crippen LogP contribution in [-0.4, -0.2) is 94.1 Å². The van der Waals surface area contributed by atoms with Crippen LogP contribution in [0.25, 0.3) is 0 Å². The molecule has 0 bridgehead atoms. The van der Waals surface area contributed by atoms with Crippen molar-refractivity contribution in [2.24, 2.45) is 23.3 Å². The quantitative estimate of drug-likeness (QED) is 0.116. The Morgan fingerprint density at radius 3 is 2.08 bits per heavy atom. The molecule has 1 rings (SSSR count). The number of carbonyl (C=O) groups excluding carboxylic acids is 4. The molecule has 0 aromatic rings. The lowest BCUT2D eigenvalue weighted by atomic mass is 10.0. The molecule has 0 aromatic carbocycles. The van der Waals surface area contributed by atoms with Gasteiger partial charge in [-0.15, -0.1) is 0 Å². The zero-order valence-corrected chi connectivity index (χ0v) is 23.8. The van der Waals surface area contributed by atoms with Crippen molar-refractivity contribution in [2.75, 3.05) is 13.1 Å². The molecule has 6 atom stereocenters. The molecule has 13 nitrogen and oxygen atoms in total. The van der Waals surface area contributed by atoms with Crippen LogP contribution in [0.5, 0.6) is 0 Å². The van der Waals surface area contributed by atoms with Gasteiger partial charge >= 0.3 is 5.97 Å². The average molecular weight is 557 g/mol. The van der Waals surface area contributed by atoms with Gasteiger partial charge in [-0.2, -0.15) is 0 Å². The number of aliphatic hydroxyl groups is 1. The Hall–Kier alpha value is -2.77. The van der Waals surface area contributed by atoms with E-state index in [1.807, 2.05) is 27.7 Å². The third-order valence-electron chi connectivity index (χ3n) is 6.81. The lowest BCUT2D eigenvalue weighted by molar-refractivity contribution is -0.143. The van der Waals surface area contributed by atoms with Crippen LogP contribution in [0.15, 0.2) is 0 Å². The topological polar surface area (TPSA) is 217 Å². The van der Waals surface area contributed by atoms with E-state index in [-0.39, 0.29) is 30.6 Å². The van der Waals surface area contributed by atoms with Gasteiger partial charge in [0.1, 0.15) is 24.2 Å². The summed E-state index contributed by atoms with van der Waals surface area (Å²) in [5.41, 5.74) is 11.5. The summed E-state index contributed by atoms with van der Waals surface area (Å²) in [5.74, 6) is -3.79. The summed E-state index contributed by atoms with van der Waals surface area (Å²) >= 11 is 0. The maximum atomic E-state index is 13.2. The number of aliphatic hydroxyl groups excluding tert-OH is 1. The highest BCUT2D eigenvalue weighted by Crippen LogP contribution is 2.20. The van der Waals surface area contributed by atoms with Crippen LogP contribution >= 0.6 is 0 Å². The van der Waals surface area contributed by atoms with Crippen molar-refractivity contribution in [2.45, 2.75) is 109 Å². The third kappa shape index (κ3) is 10.7. The normalized spacial score (nSPS) is 19.2. The van der Waals surface area contributed by atoms with Crippen LogP contribution in [0, 0.1) is 11.8 Å². The summed E-state index contributed by atoms with van der Waals surface area (Å²) in [5, 5.41) is 27.4. The second-order valence-corrected chi connectivity index (χ2v) is 11.1. The van der Waals surface area contributed by atoms with Crippen molar-refractivity contribution in [3.8, 4) is 0 Å². The van der Waals surface area contributed by atoms with Gasteiger partial charge in [0.2, 0.25) is 23.6 Å². The fourth-order valence-electron chi connectivity index (χ4n) is 4.42. The Labute approximate surface area is 230 Å². The average Bonchev–Trinajstić information content (AvgIpc) is 3.34. The van der Waals surface area contributed by atoms with Crippen molar-refractivity contribution < 1.29 is 34.2 Å². The highest BCUT2D eigenvalue weighted by molar-refractivity contribution is 5.96. The summed E-state index contributed by atoms with van der Waals surface area (Å²) < 4.78 is 0. The Balaban J connectivity index is 2.99. The van der Waals surface area contributed by atoms with Crippen molar-refractivity contribution >= 4 is 29.6 Å². The van der Waals surface area contributed by atoms with Gasteiger partial charge in [-0.3, -0.25) is 19.2 Å². The van der Waals surface area contributed by atoms with E-state index in [0.29, 0.717) is 38.8 Å². The summed E-state index contributed by atoms with van der Waals surface area (Å²) in [6.45, 7) is 9.37. The maximum Gasteiger partial charge on any atom is 0.326 e. The molecule has 1 heterocycles. The molecule has 224 valence electrons. The predicted molar refractivity (Wildman–Crippen MR) is 145 cm³/mol. The first-order valence-corrected chi connectivity index (χ1v) is 13.8. The molecule has 39 heavy (non-hydrogen) atoms. The number of carboxylic acids is 1. The minimum Gasteiger partial charge on any atom is -0.480 e. The molecule has 0 spiro atoms. The number of likely N-dealkylation sites (tertiary alicyclic amines) is 1. The Morgan fingerprint density at radius 1 is 0.949 bits per heavy atom.